The molecule has 0 fully saturated rings. The maximum absolute atomic E-state index is 12.1. The summed E-state index contributed by atoms with van der Waals surface area (Å²) in [6.07, 6.45) is -0.994. The molecule has 0 aliphatic carbocycles. The summed E-state index contributed by atoms with van der Waals surface area (Å²) in [7, 11) is 2.87. The fraction of sp³-hybridized carbons (Fsp3) is 0.455. The van der Waals surface area contributed by atoms with E-state index in [0.29, 0.717) is 17.8 Å². The van der Waals surface area contributed by atoms with Crippen LogP contribution in [0, 0.1) is 0 Å². The summed E-state index contributed by atoms with van der Waals surface area (Å²) in [5.41, 5.74) is 0.966. The van der Waals surface area contributed by atoms with Crippen LogP contribution in [0.5, 0.6) is 0 Å². The Bertz CT molecular complexity index is 368. The SMILES string of the molecule is COC(=O)c1ccc(CN(C)CC(F)F)nc1. The smallest absolute Gasteiger partial charge is 0.339 e. The molecule has 0 bridgehead atoms. The van der Waals surface area contributed by atoms with E-state index < -0.39 is 12.4 Å². The van der Waals surface area contributed by atoms with Crippen LogP contribution in [0.2, 0.25) is 0 Å². The molecule has 1 aromatic rings. The van der Waals surface area contributed by atoms with Crippen LogP contribution in [0.15, 0.2) is 18.3 Å². The van der Waals surface area contributed by atoms with Crippen molar-refractivity contribution in [1.29, 1.82) is 0 Å². The van der Waals surface area contributed by atoms with E-state index in [-0.39, 0.29) is 6.54 Å². The van der Waals surface area contributed by atoms with Crippen molar-refractivity contribution in [2.24, 2.45) is 0 Å². The second kappa shape index (κ2) is 6.24. The number of halogens is 2. The first kappa shape index (κ1) is 13.5. The molecule has 0 unspecified atom stereocenters. The highest BCUT2D eigenvalue weighted by Crippen LogP contribution is 2.05. The minimum Gasteiger partial charge on any atom is -0.465 e. The minimum absolute atomic E-state index is 0.305. The van der Waals surface area contributed by atoms with Gasteiger partial charge in [-0.1, -0.05) is 0 Å². The van der Waals surface area contributed by atoms with Gasteiger partial charge in [-0.15, -0.1) is 0 Å². The molecule has 0 aliphatic heterocycles. The summed E-state index contributed by atoms with van der Waals surface area (Å²) in [5, 5.41) is 0. The molecule has 0 aromatic carbocycles. The predicted octanol–water partition coefficient (Wildman–Crippen LogP) is 1.57. The van der Waals surface area contributed by atoms with Gasteiger partial charge in [-0.25, -0.2) is 13.6 Å². The minimum atomic E-state index is -2.37. The molecule has 0 spiro atoms. The van der Waals surface area contributed by atoms with Gasteiger partial charge in [0.2, 0.25) is 0 Å². The third-order valence-electron chi connectivity index (χ3n) is 2.13. The van der Waals surface area contributed by atoms with Gasteiger partial charge in [0.25, 0.3) is 6.43 Å². The molecule has 4 nitrogen and oxygen atoms in total. The lowest BCUT2D eigenvalue weighted by molar-refractivity contribution is 0.0600. The maximum Gasteiger partial charge on any atom is 0.339 e. The van der Waals surface area contributed by atoms with Gasteiger partial charge < -0.3 is 4.74 Å². The van der Waals surface area contributed by atoms with Gasteiger partial charge in [0.1, 0.15) is 0 Å². The number of hydrogen-bond acceptors (Lipinski definition) is 4. The van der Waals surface area contributed by atoms with Gasteiger partial charge >= 0.3 is 5.97 Å². The highest BCUT2D eigenvalue weighted by atomic mass is 19.3. The lowest BCUT2D eigenvalue weighted by atomic mass is 10.2. The third kappa shape index (κ3) is 4.44. The average molecular weight is 244 g/mol. The molecular weight excluding hydrogens is 230 g/mol. The molecule has 1 rings (SSSR count). The van der Waals surface area contributed by atoms with Crippen LogP contribution in [-0.4, -0.2) is 43.0 Å². The molecule has 6 heteroatoms. The Morgan fingerprint density at radius 2 is 2.24 bits per heavy atom. The molecule has 17 heavy (non-hydrogen) atoms. The maximum atomic E-state index is 12.1. The van der Waals surface area contributed by atoms with E-state index in [1.54, 1.807) is 19.2 Å². The van der Waals surface area contributed by atoms with E-state index in [0.717, 1.165) is 0 Å². The molecule has 94 valence electrons. The Morgan fingerprint density at radius 3 is 2.71 bits per heavy atom. The fourth-order valence-corrected chi connectivity index (χ4v) is 1.33. The van der Waals surface area contributed by atoms with Crippen LogP contribution in [0.25, 0.3) is 0 Å². The van der Waals surface area contributed by atoms with Crippen LogP contribution >= 0.6 is 0 Å². The molecule has 1 heterocycles. The number of methoxy groups -OCH3 is 1. The molecule has 1 aromatic heterocycles. The zero-order valence-electron chi connectivity index (χ0n) is 9.69. The monoisotopic (exact) mass is 244 g/mol. The van der Waals surface area contributed by atoms with Crippen molar-refractivity contribution in [3.63, 3.8) is 0 Å². The standard InChI is InChI=1S/C11H14F2N2O2/c1-15(7-10(12)13)6-9-4-3-8(5-14-9)11(16)17-2/h3-5,10H,6-7H2,1-2H3. The summed E-state index contributed by atoms with van der Waals surface area (Å²) < 4.78 is 28.7. The Balaban J connectivity index is 2.59. The van der Waals surface area contributed by atoms with Gasteiger partial charge in [-0.2, -0.15) is 0 Å². The molecule has 0 amide bonds. The average Bonchev–Trinajstić information content (AvgIpc) is 2.28. The van der Waals surface area contributed by atoms with Crippen LogP contribution < -0.4 is 0 Å². The van der Waals surface area contributed by atoms with Gasteiger partial charge in [0.05, 0.1) is 24.9 Å². The summed E-state index contributed by atoms with van der Waals surface area (Å²) >= 11 is 0. The van der Waals surface area contributed by atoms with Crippen LogP contribution in [-0.2, 0) is 11.3 Å². The summed E-state index contributed by atoms with van der Waals surface area (Å²) in [4.78, 5) is 16.6. The van der Waals surface area contributed by atoms with Crippen molar-refractivity contribution >= 4 is 5.97 Å². The quantitative estimate of drug-likeness (QED) is 0.737. The van der Waals surface area contributed by atoms with E-state index in [4.69, 9.17) is 0 Å². The molecule has 0 radical (unpaired) electrons. The zero-order valence-corrected chi connectivity index (χ0v) is 9.69. The summed E-state index contributed by atoms with van der Waals surface area (Å²) in [6, 6.07) is 3.18. The van der Waals surface area contributed by atoms with Crippen molar-refractivity contribution in [1.82, 2.24) is 9.88 Å². The van der Waals surface area contributed by atoms with Gasteiger partial charge in [0, 0.05) is 12.7 Å². The van der Waals surface area contributed by atoms with Crippen molar-refractivity contribution in [2.45, 2.75) is 13.0 Å². The van der Waals surface area contributed by atoms with Crippen molar-refractivity contribution in [3.8, 4) is 0 Å². The van der Waals surface area contributed by atoms with Gasteiger partial charge in [0.15, 0.2) is 0 Å². The lowest BCUT2D eigenvalue weighted by Gasteiger charge is -2.15. The lowest BCUT2D eigenvalue weighted by Crippen LogP contribution is -2.24. The fourth-order valence-electron chi connectivity index (χ4n) is 1.33. The van der Waals surface area contributed by atoms with E-state index in [1.165, 1.54) is 18.2 Å². The number of esters is 1. The summed E-state index contributed by atoms with van der Waals surface area (Å²) in [5.74, 6) is -0.468. The summed E-state index contributed by atoms with van der Waals surface area (Å²) in [6.45, 7) is 0.00618. The number of ether oxygens (including phenoxy) is 1. The number of carbonyl (C=O) groups is 1. The van der Waals surface area contributed by atoms with E-state index in [9.17, 15) is 13.6 Å². The number of nitrogens with zero attached hydrogens (tertiary/aromatic N) is 2. The van der Waals surface area contributed by atoms with Crippen molar-refractivity contribution in [3.05, 3.63) is 29.6 Å². The molecule has 0 N–H and O–H groups in total. The first-order chi connectivity index (χ1) is 8.02. The van der Waals surface area contributed by atoms with Crippen LogP contribution in [0.1, 0.15) is 16.1 Å². The second-order valence-electron chi connectivity index (χ2n) is 3.62. The topological polar surface area (TPSA) is 42.4 Å². The van der Waals surface area contributed by atoms with Crippen molar-refractivity contribution < 1.29 is 18.3 Å². The Hall–Kier alpha value is -1.56. The first-order valence-electron chi connectivity index (χ1n) is 5.03. The number of pyridine rings is 1. The molecular formula is C11H14F2N2O2. The molecule has 0 saturated carbocycles. The highest BCUT2D eigenvalue weighted by Gasteiger charge is 2.10. The number of alkyl halides is 2. The number of rotatable bonds is 5. The molecule has 0 saturated heterocycles. The Morgan fingerprint density at radius 1 is 1.53 bits per heavy atom. The first-order valence-corrected chi connectivity index (χ1v) is 5.03. The normalized spacial score (nSPS) is 10.9. The van der Waals surface area contributed by atoms with Gasteiger partial charge in [-0.05, 0) is 19.2 Å². The Labute approximate surface area is 98.2 Å². The van der Waals surface area contributed by atoms with Crippen LogP contribution in [0.3, 0.4) is 0 Å². The Kier molecular flexibility index (Phi) is 4.96. The zero-order chi connectivity index (χ0) is 12.8. The number of carbonyl (C=O) groups excluding carboxylic acids is 1. The predicted molar refractivity (Wildman–Crippen MR) is 57.9 cm³/mol. The number of hydrogen-bond donors (Lipinski definition) is 0. The highest BCUT2D eigenvalue weighted by molar-refractivity contribution is 5.88. The van der Waals surface area contributed by atoms with E-state index in [2.05, 4.69) is 9.72 Å². The largest absolute Gasteiger partial charge is 0.465 e. The van der Waals surface area contributed by atoms with Crippen molar-refractivity contribution in [2.75, 3.05) is 20.7 Å². The van der Waals surface area contributed by atoms with Gasteiger partial charge in [-0.3, -0.25) is 9.88 Å². The van der Waals surface area contributed by atoms with E-state index in [1.807, 2.05) is 0 Å². The van der Waals surface area contributed by atoms with E-state index >= 15 is 0 Å². The second-order valence-corrected chi connectivity index (χ2v) is 3.62. The number of aromatic nitrogens is 1. The third-order valence-corrected chi connectivity index (χ3v) is 2.13. The molecule has 0 atom stereocenters. The van der Waals surface area contributed by atoms with Crippen LogP contribution in [0.4, 0.5) is 8.78 Å². The molecule has 0 aliphatic rings.